The summed E-state index contributed by atoms with van der Waals surface area (Å²) in [4.78, 5) is 2.51. The third-order valence-electron chi connectivity index (χ3n) is 4.28. The second-order valence-electron chi connectivity index (χ2n) is 6.36. The van der Waals surface area contributed by atoms with Crippen molar-refractivity contribution in [1.29, 1.82) is 0 Å². The molecule has 1 aliphatic heterocycles. The van der Waals surface area contributed by atoms with Gasteiger partial charge in [0.05, 0.1) is 0 Å². The Morgan fingerprint density at radius 2 is 2.17 bits per heavy atom. The normalized spacial score (nSPS) is 22.4. The van der Waals surface area contributed by atoms with Crippen LogP contribution in [0.5, 0.6) is 0 Å². The van der Waals surface area contributed by atoms with E-state index in [9.17, 15) is 0 Å². The van der Waals surface area contributed by atoms with Crippen molar-refractivity contribution in [3.05, 3.63) is 12.3 Å². The van der Waals surface area contributed by atoms with Gasteiger partial charge in [-0.15, -0.1) is 0 Å². The third kappa shape index (κ3) is 5.43. The zero-order valence-electron chi connectivity index (χ0n) is 12.8. The van der Waals surface area contributed by atoms with E-state index in [-0.39, 0.29) is 0 Å². The zero-order valence-corrected chi connectivity index (χ0v) is 12.8. The minimum Gasteiger partial charge on any atom is -0.388 e. The molecule has 0 bridgehead atoms. The summed E-state index contributed by atoms with van der Waals surface area (Å²) in [6.45, 7) is 18.0. The Hall–Kier alpha value is -0.500. The largest absolute Gasteiger partial charge is 0.388 e. The molecule has 0 spiro atoms. The number of likely N-dealkylation sites (tertiary alicyclic amines) is 1. The van der Waals surface area contributed by atoms with Crippen LogP contribution >= 0.6 is 0 Å². The van der Waals surface area contributed by atoms with Gasteiger partial charge in [-0.25, -0.2) is 0 Å². The van der Waals surface area contributed by atoms with Crippen LogP contribution in [0, 0.1) is 17.8 Å². The highest BCUT2D eigenvalue weighted by atomic mass is 15.2. The summed E-state index contributed by atoms with van der Waals surface area (Å²) in [6.07, 6.45) is 3.90. The Labute approximate surface area is 114 Å². The molecule has 2 nitrogen and oxygen atoms in total. The van der Waals surface area contributed by atoms with Gasteiger partial charge in [-0.3, -0.25) is 4.90 Å². The van der Waals surface area contributed by atoms with E-state index in [1.807, 2.05) is 0 Å². The molecular formula is C16H32N2. The van der Waals surface area contributed by atoms with Crippen molar-refractivity contribution in [3.8, 4) is 0 Å². The maximum Gasteiger partial charge on any atom is 0.0375 e. The van der Waals surface area contributed by atoms with Crippen molar-refractivity contribution in [2.45, 2.75) is 47.0 Å². The van der Waals surface area contributed by atoms with Gasteiger partial charge in [-0.2, -0.15) is 0 Å². The van der Waals surface area contributed by atoms with Gasteiger partial charge in [0.15, 0.2) is 0 Å². The molecule has 2 atom stereocenters. The SMILES string of the molecule is C=C(CN1CCC(C)C1)NCCC(CC)C(C)C. The van der Waals surface area contributed by atoms with E-state index in [2.05, 4.69) is 44.5 Å². The molecule has 0 amide bonds. The summed E-state index contributed by atoms with van der Waals surface area (Å²) in [5.74, 6) is 2.50. The van der Waals surface area contributed by atoms with Gasteiger partial charge >= 0.3 is 0 Å². The molecule has 0 aliphatic carbocycles. The fourth-order valence-corrected chi connectivity index (χ4v) is 2.94. The first-order valence-electron chi connectivity index (χ1n) is 7.66. The fraction of sp³-hybridized carbons (Fsp3) is 0.875. The molecule has 1 N–H and O–H groups in total. The molecule has 0 aromatic rings. The van der Waals surface area contributed by atoms with Crippen molar-refractivity contribution in [3.63, 3.8) is 0 Å². The van der Waals surface area contributed by atoms with Gasteiger partial charge in [0.2, 0.25) is 0 Å². The Balaban J connectivity index is 2.13. The van der Waals surface area contributed by atoms with Crippen LogP contribution in [-0.4, -0.2) is 31.1 Å². The van der Waals surface area contributed by atoms with E-state index in [0.717, 1.165) is 30.8 Å². The minimum absolute atomic E-state index is 0.796. The molecule has 1 heterocycles. The number of hydrogen-bond acceptors (Lipinski definition) is 2. The van der Waals surface area contributed by atoms with Crippen LogP contribution in [0.2, 0.25) is 0 Å². The lowest BCUT2D eigenvalue weighted by Gasteiger charge is -2.21. The molecule has 1 aliphatic rings. The molecule has 2 heteroatoms. The highest BCUT2D eigenvalue weighted by Crippen LogP contribution is 2.18. The number of nitrogens with zero attached hydrogens (tertiary/aromatic N) is 1. The lowest BCUT2D eigenvalue weighted by molar-refractivity contribution is 0.332. The quantitative estimate of drug-likeness (QED) is 0.711. The second kappa shape index (κ2) is 7.83. The van der Waals surface area contributed by atoms with Crippen molar-refractivity contribution in [2.75, 3.05) is 26.2 Å². The summed E-state index contributed by atoms with van der Waals surface area (Å²) in [7, 11) is 0. The molecule has 0 radical (unpaired) electrons. The van der Waals surface area contributed by atoms with E-state index >= 15 is 0 Å². The van der Waals surface area contributed by atoms with Gasteiger partial charge in [0.1, 0.15) is 0 Å². The highest BCUT2D eigenvalue weighted by Gasteiger charge is 2.18. The lowest BCUT2D eigenvalue weighted by atomic mass is 9.90. The first-order chi connectivity index (χ1) is 8.52. The van der Waals surface area contributed by atoms with Crippen molar-refractivity contribution < 1.29 is 0 Å². The predicted octanol–water partition coefficient (Wildman–Crippen LogP) is 3.50. The number of nitrogens with one attached hydrogen (secondary N) is 1. The Morgan fingerprint density at radius 1 is 1.44 bits per heavy atom. The van der Waals surface area contributed by atoms with E-state index in [0.29, 0.717) is 0 Å². The summed E-state index contributed by atoms with van der Waals surface area (Å²) in [6, 6.07) is 0. The molecule has 2 unspecified atom stereocenters. The predicted molar refractivity (Wildman–Crippen MR) is 80.6 cm³/mol. The van der Waals surface area contributed by atoms with Crippen LogP contribution in [-0.2, 0) is 0 Å². The maximum absolute atomic E-state index is 4.16. The average molecular weight is 252 g/mol. The van der Waals surface area contributed by atoms with E-state index in [1.165, 1.54) is 38.0 Å². The van der Waals surface area contributed by atoms with Gasteiger partial charge in [0, 0.05) is 25.3 Å². The second-order valence-corrected chi connectivity index (χ2v) is 6.36. The average Bonchev–Trinajstić information content (AvgIpc) is 2.69. The van der Waals surface area contributed by atoms with Crippen molar-refractivity contribution >= 4 is 0 Å². The smallest absolute Gasteiger partial charge is 0.0375 e. The summed E-state index contributed by atoms with van der Waals surface area (Å²) < 4.78 is 0. The first kappa shape index (κ1) is 15.6. The molecule has 1 rings (SSSR count). The molecule has 0 saturated carbocycles. The minimum atomic E-state index is 0.796. The Bertz CT molecular complexity index is 247. The van der Waals surface area contributed by atoms with Gasteiger partial charge in [-0.05, 0) is 37.1 Å². The standard InChI is InChI=1S/C16H32N2/c1-6-16(13(2)3)7-9-17-15(5)12-18-10-8-14(4)11-18/h13-14,16-17H,5-12H2,1-4H3. The topological polar surface area (TPSA) is 15.3 Å². The van der Waals surface area contributed by atoms with E-state index in [1.54, 1.807) is 0 Å². The summed E-state index contributed by atoms with van der Waals surface area (Å²) in [5.41, 5.74) is 1.20. The lowest BCUT2D eigenvalue weighted by Crippen LogP contribution is -2.29. The highest BCUT2D eigenvalue weighted by molar-refractivity contribution is 4.96. The summed E-state index contributed by atoms with van der Waals surface area (Å²) >= 11 is 0. The van der Waals surface area contributed by atoms with Crippen LogP contribution in [0.3, 0.4) is 0 Å². The maximum atomic E-state index is 4.16. The number of rotatable bonds is 8. The summed E-state index contributed by atoms with van der Waals surface area (Å²) in [5, 5.41) is 3.51. The zero-order chi connectivity index (χ0) is 13.5. The molecular weight excluding hydrogens is 220 g/mol. The van der Waals surface area contributed by atoms with Crippen LogP contribution in [0.15, 0.2) is 12.3 Å². The van der Waals surface area contributed by atoms with Gasteiger partial charge < -0.3 is 5.32 Å². The van der Waals surface area contributed by atoms with Crippen LogP contribution < -0.4 is 5.32 Å². The van der Waals surface area contributed by atoms with Crippen LogP contribution in [0.25, 0.3) is 0 Å². The van der Waals surface area contributed by atoms with E-state index < -0.39 is 0 Å². The first-order valence-corrected chi connectivity index (χ1v) is 7.66. The van der Waals surface area contributed by atoms with Crippen molar-refractivity contribution in [2.24, 2.45) is 17.8 Å². The molecule has 1 fully saturated rings. The number of hydrogen-bond donors (Lipinski definition) is 1. The van der Waals surface area contributed by atoms with Gasteiger partial charge in [-0.1, -0.05) is 40.7 Å². The van der Waals surface area contributed by atoms with Gasteiger partial charge in [0.25, 0.3) is 0 Å². The molecule has 18 heavy (non-hydrogen) atoms. The monoisotopic (exact) mass is 252 g/mol. The molecule has 106 valence electrons. The Morgan fingerprint density at radius 3 is 2.67 bits per heavy atom. The Kier molecular flexibility index (Phi) is 6.77. The molecule has 0 aromatic heterocycles. The van der Waals surface area contributed by atoms with Crippen LogP contribution in [0.4, 0.5) is 0 Å². The van der Waals surface area contributed by atoms with Crippen LogP contribution in [0.1, 0.15) is 47.0 Å². The van der Waals surface area contributed by atoms with Crippen molar-refractivity contribution in [1.82, 2.24) is 10.2 Å². The van der Waals surface area contributed by atoms with E-state index in [4.69, 9.17) is 0 Å². The molecule has 0 aromatic carbocycles. The third-order valence-corrected chi connectivity index (χ3v) is 4.28. The molecule has 1 saturated heterocycles. The fourth-order valence-electron chi connectivity index (χ4n) is 2.94.